The number of carbonyl (C=O) groups is 2. The fraction of sp³-hybridized carbons (Fsp3) is 0.630. The number of rotatable bonds is 14. The fourth-order valence-electron chi connectivity index (χ4n) is 4.80. The maximum absolute atomic E-state index is 11.8. The van der Waals surface area contributed by atoms with Gasteiger partial charge in [0.15, 0.2) is 0 Å². The fourth-order valence-corrected chi connectivity index (χ4v) is 4.80. The summed E-state index contributed by atoms with van der Waals surface area (Å²) >= 11 is 0. The lowest BCUT2D eigenvalue weighted by Gasteiger charge is -2.21. The molecular weight excluding hydrogens is 436 g/mol. The number of benzene rings is 1. The van der Waals surface area contributed by atoms with Gasteiger partial charge in [0.2, 0.25) is 0 Å². The Kier molecular flexibility index (Phi) is 10.7. The highest BCUT2D eigenvalue weighted by Gasteiger charge is 2.49. The first-order valence-electron chi connectivity index (χ1n) is 12.6. The Morgan fingerprint density at radius 3 is 2.68 bits per heavy atom. The highest BCUT2D eigenvalue weighted by molar-refractivity contribution is 5.62. The van der Waals surface area contributed by atoms with Gasteiger partial charge in [-0.05, 0) is 24.8 Å². The second kappa shape index (κ2) is 14.0. The van der Waals surface area contributed by atoms with Crippen LogP contribution >= 0.6 is 0 Å². The van der Waals surface area contributed by atoms with Crippen LogP contribution in [0.2, 0.25) is 0 Å². The van der Waals surface area contributed by atoms with E-state index in [-0.39, 0.29) is 30.7 Å². The predicted octanol–water partition coefficient (Wildman–Crippen LogP) is 5.94. The third kappa shape index (κ3) is 8.35. The zero-order valence-corrected chi connectivity index (χ0v) is 20.1. The normalized spacial score (nSPS) is 24.5. The lowest BCUT2D eigenvalue weighted by Crippen LogP contribution is -2.28. The van der Waals surface area contributed by atoms with Crippen LogP contribution in [0.4, 0.5) is 9.59 Å². The average Bonchev–Trinajstić information content (AvgIpc) is 3.08. The van der Waals surface area contributed by atoms with Crippen LogP contribution in [0, 0.1) is 11.8 Å². The van der Waals surface area contributed by atoms with Crippen molar-refractivity contribution in [3.63, 3.8) is 0 Å². The van der Waals surface area contributed by atoms with Crippen molar-refractivity contribution in [3.8, 4) is 0 Å². The van der Waals surface area contributed by atoms with Crippen LogP contribution in [0.3, 0.4) is 0 Å². The predicted molar refractivity (Wildman–Crippen MR) is 127 cm³/mol. The largest absolute Gasteiger partial charge is 0.508 e. The molecule has 0 spiro atoms. The monoisotopic (exact) mass is 474 g/mol. The summed E-state index contributed by atoms with van der Waals surface area (Å²) in [4.78, 5) is 23.5. The molecular formula is C27H38O7. The summed E-state index contributed by atoms with van der Waals surface area (Å²) in [5.41, 5.74) is 0.919. The Morgan fingerprint density at radius 2 is 1.88 bits per heavy atom. The molecule has 188 valence electrons. The van der Waals surface area contributed by atoms with Crippen LogP contribution in [0.25, 0.3) is 0 Å². The van der Waals surface area contributed by atoms with Gasteiger partial charge in [-0.3, -0.25) is 0 Å². The summed E-state index contributed by atoms with van der Waals surface area (Å²) < 4.78 is 21.1. The third-order valence-electron chi connectivity index (χ3n) is 6.62. The Labute approximate surface area is 202 Å². The molecule has 1 aliphatic heterocycles. The van der Waals surface area contributed by atoms with Gasteiger partial charge >= 0.3 is 12.3 Å². The summed E-state index contributed by atoms with van der Waals surface area (Å²) in [6.07, 6.45) is 10.00. The van der Waals surface area contributed by atoms with Crippen molar-refractivity contribution in [1.29, 1.82) is 0 Å². The molecule has 7 heteroatoms. The highest BCUT2D eigenvalue weighted by Crippen LogP contribution is 2.43. The van der Waals surface area contributed by atoms with E-state index in [1.807, 2.05) is 42.5 Å². The molecule has 0 aromatic heterocycles. The molecule has 1 N–H and O–H groups in total. The molecule has 1 aliphatic carbocycles. The number of ether oxygens (including phenoxy) is 4. The van der Waals surface area contributed by atoms with Crippen molar-refractivity contribution < 1.29 is 33.6 Å². The second-order valence-corrected chi connectivity index (χ2v) is 9.21. The van der Waals surface area contributed by atoms with E-state index >= 15 is 0 Å². The van der Waals surface area contributed by atoms with Gasteiger partial charge in [-0.1, -0.05) is 81.5 Å². The van der Waals surface area contributed by atoms with E-state index in [4.69, 9.17) is 18.9 Å². The van der Waals surface area contributed by atoms with Crippen LogP contribution in [0.5, 0.6) is 0 Å². The SMILES string of the molecule is CCCCCC(O)/C=C/C1C2CC(OC(=O)O2)C1CCCCCOC(=O)OCc1ccccc1. The van der Waals surface area contributed by atoms with Crippen LogP contribution < -0.4 is 0 Å². The molecule has 2 fully saturated rings. The Bertz CT molecular complexity index is 778. The molecule has 5 unspecified atom stereocenters. The van der Waals surface area contributed by atoms with Gasteiger partial charge in [0.25, 0.3) is 0 Å². The van der Waals surface area contributed by atoms with E-state index in [1.54, 1.807) is 0 Å². The van der Waals surface area contributed by atoms with E-state index in [0.717, 1.165) is 56.9 Å². The molecule has 34 heavy (non-hydrogen) atoms. The van der Waals surface area contributed by atoms with Gasteiger partial charge in [0, 0.05) is 18.3 Å². The van der Waals surface area contributed by atoms with Crippen molar-refractivity contribution in [2.75, 3.05) is 6.61 Å². The number of hydrogen-bond donors (Lipinski definition) is 1. The zero-order valence-electron chi connectivity index (χ0n) is 20.1. The molecule has 3 rings (SSSR count). The molecule has 0 amide bonds. The number of unbranched alkanes of at least 4 members (excludes halogenated alkanes) is 4. The lowest BCUT2D eigenvalue weighted by molar-refractivity contribution is -0.0351. The van der Waals surface area contributed by atoms with Gasteiger partial charge < -0.3 is 24.1 Å². The molecule has 2 bridgehead atoms. The van der Waals surface area contributed by atoms with Crippen LogP contribution in [0.1, 0.15) is 70.3 Å². The van der Waals surface area contributed by atoms with E-state index in [2.05, 4.69) is 6.92 Å². The number of fused-ring (bicyclic) bond motifs is 2. The maximum Gasteiger partial charge on any atom is 0.508 e. The number of aliphatic hydroxyl groups excluding tert-OH is 1. The highest BCUT2D eigenvalue weighted by atomic mass is 16.7. The molecule has 1 aromatic rings. The van der Waals surface area contributed by atoms with E-state index in [0.29, 0.717) is 13.0 Å². The maximum atomic E-state index is 11.8. The smallest absolute Gasteiger partial charge is 0.434 e. The zero-order chi connectivity index (χ0) is 24.2. The lowest BCUT2D eigenvalue weighted by atomic mass is 9.88. The van der Waals surface area contributed by atoms with E-state index in [1.165, 1.54) is 0 Å². The van der Waals surface area contributed by atoms with E-state index < -0.39 is 18.4 Å². The minimum absolute atomic E-state index is 0.0569. The third-order valence-corrected chi connectivity index (χ3v) is 6.62. The minimum Gasteiger partial charge on any atom is -0.434 e. The molecule has 2 aliphatic rings. The van der Waals surface area contributed by atoms with Gasteiger partial charge in [0.05, 0.1) is 12.7 Å². The first-order valence-corrected chi connectivity index (χ1v) is 12.6. The number of hydrogen-bond acceptors (Lipinski definition) is 7. The quantitative estimate of drug-likeness (QED) is 0.203. The second-order valence-electron chi connectivity index (χ2n) is 9.21. The molecule has 7 nitrogen and oxygen atoms in total. The van der Waals surface area contributed by atoms with Crippen molar-refractivity contribution >= 4 is 12.3 Å². The van der Waals surface area contributed by atoms with Gasteiger partial charge in [0.1, 0.15) is 18.8 Å². The van der Waals surface area contributed by atoms with Gasteiger partial charge in [-0.2, -0.15) is 0 Å². The molecule has 1 aromatic carbocycles. The summed E-state index contributed by atoms with van der Waals surface area (Å²) in [6, 6.07) is 9.48. The Morgan fingerprint density at radius 1 is 1.09 bits per heavy atom. The minimum atomic E-state index is -0.653. The van der Waals surface area contributed by atoms with Crippen LogP contribution in [0.15, 0.2) is 42.5 Å². The number of carbonyl (C=O) groups excluding carboxylic acids is 2. The average molecular weight is 475 g/mol. The summed E-state index contributed by atoms with van der Waals surface area (Å²) in [7, 11) is 0. The topological polar surface area (TPSA) is 91.3 Å². The molecule has 0 radical (unpaired) electrons. The summed E-state index contributed by atoms with van der Waals surface area (Å²) in [5, 5.41) is 10.3. The Hall–Kier alpha value is -2.54. The van der Waals surface area contributed by atoms with Gasteiger partial charge in [-0.15, -0.1) is 0 Å². The molecule has 5 atom stereocenters. The molecule has 1 heterocycles. The van der Waals surface area contributed by atoms with Crippen molar-refractivity contribution in [1.82, 2.24) is 0 Å². The standard InChI is InChI=1S/C27H38O7/c1-2-3-6-13-21(28)15-16-23-22(24-18-25(23)34-27(30)33-24)14-9-5-10-17-31-26(29)32-19-20-11-7-4-8-12-20/h4,7-8,11-12,15-16,21-25,28H,2-3,5-6,9-10,13-14,17-19H2,1H3/b16-15+. The summed E-state index contributed by atoms with van der Waals surface area (Å²) in [5.74, 6) is 0.230. The van der Waals surface area contributed by atoms with Gasteiger partial charge in [-0.25, -0.2) is 9.59 Å². The molecule has 1 saturated carbocycles. The van der Waals surface area contributed by atoms with Crippen molar-refractivity contribution in [2.45, 2.75) is 89.6 Å². The number of aliphatic hydroxyl groups is 1. The summed E-state index contributed by atoms with van der Waals surface area (Å²) in [6.45, 7) is 2.66. The van der Waals surface area contributed by atoms with E-state index in [9.17, 15) is 14.7 Å². The first-order chi connectivity index (χ1) is 16.6. The van der Waals surface area contributed by atoms with Crippen LogP contribution in [-0.2, 0) is 25.6 Å². The first kappa shape index (κ1) is 26.1. The van der Waals surface area contributed by atoms with Crippen LogP contribution in [-0.4, -0.2) is 42.3 Å². The molecule has 1 saturated heterocycles. The Balaban J connectivity index is 1.36. The van der Waals surface area contributed by atoms with Crippen molar-refractivity contribution in [2.24, 2.45) is 11.8 Å². The van der Waals surface area contributed by atoms with Crippen molar-refractivity contribution in [3.05, 3.63) is 48.0 Å².